The summed E-state index contributed by atoms with van der Waals surface area (Å²) in [6.07, 6.45) is 3.27. The van der Waals surface area contributed by atoms with E-state index in [9.17, 15) is 4.79 Å². The van der Waals surface area contributed by atoms with Crippen LogP contribution in [0.25, 0.3) is 0 Å². The van der Waals surface area contributed by atoms with Crippen LogP contribution in [-0.2, 0) is 11.2 Å². The van der Waals surface area contributed by atoms with E-state index in [2.05, 4.69) is 48.3 Å². The van der Waals surface area contributed by atoms with Gasteiger partial charge in [0.25, 0.3) is 5.91 Å². The first-order valence-electron chi connectivity index (χ1n) is 10.9. The Hall–Kier alpha value is -2.37. The summed E-state index contributed by atoms with van der Waals surface area (Å²) in [5.41, 5.74) is 3.32. The SMILES string of the molecule is COCCNC(=O)c1cccc(OC2CCN(C(C)Cc3ccc(C)cc3)CC2)c1. The number of hydrogen-bond acceptors (Lipinski definition) is 4. The lowest BCUT2D eigenvalue weighted by Crippen LogP contribution is -2.43. The third-order valence-electron chi connectivity index (χ3n) is 5.74. The van der Waals surface area contributed by atoms with Crippen LogP contribution < -0.4 is 10.1 Å². The zero-order valence-corrected chi connectivity index (χ0v) is 18.4. The number of amides is 1. The van der Waals surface area contributed by atoms with Gasteiger partial charge in [0.1, 0.15) is 11.9 Å². The third kappa shape index (κ3) is 6.57. The fourth-order valence-corrected chi connectivity index (χ4v) is 3.90. The number of rotatable bonds is 9. The second-order valence-corrected chi connectivity index (χ2v) is 8.17. The van der Waals surface area contributed by atoms with Gasteiger partial charge in [0.05, 0.1) is 6.61 Å². The van der Waals surface area contributed by atoms with E-state index in [1.165, 1.54) is 11.1 Å². The maximum absolute atomic E-state index is 12.2. The van der Waals surface area contributed by atoms with Gasteiger partial charge in [-0.3, -0.25) is 4.79 Å². The van der Waals surface area contributed by atoms with E-state index in [-0.39, 0.29) is 12.0 Å². The van der Waals surface area contributed by atoms with E-state index in [1.54, 1.807) is 7.11 Å². The number of methoxy groups -OCH3 is 1. The van der Waals surface area contributed by atoms with Crippen molar-refractivity contribution >= 4 is 5.91 Å². The Morgan fingerprint density at radius 3 is 2.60 bits per heavy atom. The predicted molar refractivity (Wildman–Crippen MR) is 120 cm³/mol. The molecular formula is C25H34N2O3. The van der Waals surface area contributed by atoms with Gasteiger partial charge in [-0.1, -0.05) is 35.9 Å². The van der Waals surface area contributed by atoms with Crippen LogP contribution >= 0.6 is 0 Å². The van der Waals surface area contributed by atoms with Gasteiger partial charge in [0.15, 0.2) is 0 Å². The number of ether oxygens (including phenoxy) is 2. The summed E-state index contributed by atoms with van der Waals surface area (Å²) in [6, 6.07) is 16.8. The van der Waals surface area contributed by atoms with Crippen molar-refractivity contribution in [2.45, 2.75) is 45.3 Å². The normalized spacial score (nSPS) is 16.2. The molecule has 0 bridgehead atoms. The fourth-order valence-electron chi connectivity index (χ4n) is 3.90. The highest BCUT2D eigenvalue weighted by atomic mass is 16.5. The van der Waals surface area contributed by atoms with Crippen molar-refractivity contribution in [3.8, 4) is 5.75 Å². The highest BCUT2D eigenvalue weighted by Crippen LogP contribution is 2.22. The van der Waals surface area contributed by atoms with Crippen molar-refractivity contribution in [1.82, 2.24) is 10.2 Å². The van der Waals surface area contributed by atoms with Gasteiger partial charge in [-0.2, -0.15) is 0 Å². The van der Waals surface area contributed by atoms with E-state index in [4.69, 9.17) is 9.47 Å². The molecule has 2 aromatic carbocycles. The molecule has 2 aromatic rings. The molecule has 30 heavy (non-hydrogen) atoms. The molecule has 1 N–H and O–H groups in total. The van der Waals surface area contributed by atoms with Crippen molar-refractivity contribution in [3.63, 3.8) is 0 Å². The highest BCUT2D eigenvalue weighted by molar-refractivity contribution is 5.94. The minimum Gasteiger partial charge on any atom is -0.490 e. The average Bonchev–Trinajstić information content (AvgIpc) is 2.76. The van der Waals surface area contributed by atoms with Crippen molar-refractivity contribution in [3.05, 3.63) is 65.2 Å². The third-order valence-corrected chi connectivity index (χ3v) is 5.74. The van der Waals surface area contributed by atoms with E-state index in [1.807, 2.05) is 24.3 Å². The molecule has 0 aliphatic carbocycles. The lowest BCUT2D eigenvalue weighted by Gasteiger charge is -2.36. The van der Waals surface area contributed by atoms with Crippen LogP contribution in [0.15, 0.2) is 48.5 Å². The number of nitrogens with zero attached hydrogens (tertiary/aromatic N) is 1. The molecule has 5 heteroatoms. The summed E-state index contributed by atoms with van der Waals surface area (Å²) in [7, 11) is 1.62. The number of nitrogens with one attached hydrogen (secondary N) is 1. The van der Waals surface area contributed by atoms with Crippen molar-refractivity contribution in [2.75, 3.05) is 33.4 Å². The summed E-state index contributed by atoms with van der Waals surface area (Å²) in [4.78, 5) is 14.8. The molecule has 0 aromatic heterocycles. The van der Waals surface area contributed by atoms with Crippen LogP contribution in [0.3, 0.4) is 0 Å². The van der Waals surface area contributed by atoms with Gasteiger partial charge in [-0.15, -0.1) is 0 Å². The number of carbonyl (C=O) groups excluding carboxylic acids is 1. The quantitative estimate of drug-likeness (QED) is 0.638. The minimum absolute atomic E-state index is 0.0998. The Bertz CT molecular complexity index is 798. The molecule has 0 radical (unpaired) electrons. The standard InChI is InChI=1S/C25H34N2O3/c1-19-7-9-21(10-8-19)17-20(2)27-14-11-23(12-15-27)30-24-6-4-5-22(18-24)25(28)26-13-16-29-3/h4-10,18,20,23H,11-17H2,1-3H3,(H,26,28). The number of aryl methyl sites for hydroxylation is 1. The zero-order valence-electron chi connectivity index (χ0n) is 18.4. The molecule has 1 fully saturated rings. The van der Waals surface area contributed by atoms with Gasteiger partial charge in [-0.05, 0) is 56.9 Å². The summed E-state index contributed by atoms with van der Waals surface area (Å²) >= 11 is 0. The minimum atomic E-state index is -0.0998. The molecule has 1 amide bonds. The smallest absolute Gasteiger partial charge is 0.251 e. The van der Waals surface area contributed by atoms with Crippen molar-refractivity contribution in [1.29, 1.82) is 0 Å². The monoisotopic (exact) mass is 410 g/mol. The average molecular weight is 411 g/mol. The molecule has 1 unspecified atom stereocenters. The van der Waals surface area contributed by atoms with E-state index in [0.717, 1.165) is 38.1 Å². The first kappa shape index (κ1) is 22.3. The summed E-state index contributed by atoms with van der Waals surface area (Å²) in [5, 5.41) is 2.85. The highest BCUT2D eigenvalue weighted by Gasteiger charge is 2.24. The lowest BCUT2D eigenvalue weighted by atomic mass is 10.0. The second kappa shape index (κ2) is 11.1. The molecule has 1 aliphatic heterocycles. The number of piperidine rings is 1. The number of likely N-dealkylation sites (tertiary alicyclic amines) is 1. The van der Waals surface area contributed by atoms with Crippen LogP contribution in [0.2, 0.25) is 0 Å². The first-order chi connectivity index (χ1) is 14.5. The summed E-state index contributed by atoms with van der Waals surface area (Å²) < 4.78 is 11.2. The number of carbonyl (C=O) groups is 1. The molecule has 0 saturated carbocycles. The molecule has 162 valence electrons. The Labute approximate surface area is 180 Å². The topological polar surface area (TPSA) is 50.8 Å². The Morgan fingerprint density at radius 2 is 1.90 bits per heavy atom. The predicted octanol–water partition coefficient (Wildman–Crippen LogP) is 3.85. The Balaban J connectivity index is 1.46. The largest absolute Gasteiger partial charge is 0.490 e. The fraction of sp³-hybridized carbons (Fsp3) is 0.480. The van der Waals surface area contributed by atoms with Gasteiger partial charge < -0.3 is 19.7 Å². The van der Waals surface area contributed by atoms with Gasteiger partial charge in [0, 0.05) is 38.3 Å². The van der Waals surface area contributed by atoms with Crippen LogP contribution in [0.4, 0.5) is 0 Å². The first-order valence-corrected chi connectivity index (χ1v) is 10.9. The van der Waals surface area contributed by atoms with Crippen LogP contribution in [0.5, 0.6) is 5.75 Å². The molecule has 1 atom stereocenters. The van der Waals surface area contributed by atoms with Gasteiger partial charge in [-0.25, -0.2) is 0 Å². The van der Waals surface area contributed by atoms with Crippen molar-refractivity contribution < 1.29 is 14.3 Å². The number of benzene rings is 2. The van der Waals surface area contributed by atoms with Crippen LogP contribution in [0, 0.1) is 6.92 Å². The maximum Gasteiger partial charge on any atom is 0.251 e. The Morgan fingerprint density at radius 1 is 1.17 bits per heavy atom. The molecule has 1 saturated heterocycles. The maximum atomic E-state index is 12.2. The Kier molecular flexibility index (Phi) is 8.29. The molecule has 1 aliphatic rings. The lowest BCUT2D eigenvalue weighted by molar-refractivity contribution is 0.0795. The summed E-state index contributed by atoms with van der Waals surface area (Å²) in [5.74, 6) is 0.665. The van der Waals surface area contributed by atoms with Gasteiger partial charge in [0.2, 0.25) is 0 Å². The molecule has 0 spiro atoms. The number of hydrogen-bond donors (Lipinski definition) is 1. The molecule has 5 nitrogen and oxygen atoms in total. The summed E-state index contributed by atoms with van der Waals surface area (Å²) in [6.45, 7) is 7.51. The van der Waals surface area contributed by atoms with E-state index in [0.29, 0.717) is 24.8 Å². The molecule has 3 rings (SSSR count). The zero-order chi connectivity index (χ0) is 21.3. The molecule has 1 heterocycles. The van der Waals surface area contributed by atoms with E-state index < -0.39 is 0 Å². The van der Waals surface area contributed by atoms with Gasteiger partial charge >= 0.3 is 0 Å². The van der Waals surface area contributed by atoms with E-state index >= 15 is 0 Å². The van der Waals surface area contributed by atoms with Crippen molar-refractivity contribution in [2.24, 2.45) is 0 Å². The second-order valence-electron chi connectivity index (χ2n) is 8.17. The van der Waals surface area contributed by atoms with Crippen LogP contribution in [-0.4, -0.2) is 56.3 Å². The van der Waals surface area contributed by atoms with Crippen LogP contribution in [0.1, 0.15) is 41.3 Å². The molecular weight excluding hydrogens is 376 g/mol.